The molecule has 10 heteroatoms. The highest BCUT2D eigenvalue weighted by Gasteiger charge is 2.16. The fourth-order valence-electron chi connectivity index (χ4n) is 5.06. The molecular formula is C34H26N6O2S2. The normalized spacial score (nSPS) is 11.0. The van der Waals surface area contributed by atoms with Gasteiger partial charge in [-0.1, -0.05) is 24.3 Å². The zero-order valence-corrected chi connectivity index (χ0v) is 25.5. The smallest absolute Gasteiger partial charge is 0.148 e. The molecule has 216 valence electrons. The van der Waals surface area contributed by atoms with Crippen LogP contribution >= 0.6 is 23.1 Å². The van der Waals surface area contributed by atoms with Crippen molar-refractivity contribution in [2.75, 3.05) is 14.2 Å². The van der Waals surface area contributed by atoms with Crippen LogP contribution in [-0.2, 0) is 0 Å². The Hall–Kier alpha value is -5.32. The fraction of sp³-hybridized carbons (Fsp3) is 0.0588. The number of nitrogens with zero attached hydrogens (tertiary/aromatic N) is 6. The Labute approximate surface area is 261 Å². The Morgan fingerprint density at radius 2 is 0.932 bits per heavy atom. The van der Waals surface area contributed by atoms with E-state index in [-0.39, 0.29) is 0 Å². The molecule has 0 spiro atoms. The first-order valence-electron chi connectivity index (χ1n) is 13.8. The third-order valence-corrected chi connectivity index (χ3v) is 8.34. The van der Waals surface area contributed by atoms with E-state index in [2.05, 4.69) is 30.0 Å². The SMILES string of the molecule is COc1ccc(-n2c(-c3cnsc3)nc3ccccc32)cc1.COc1ccc(-n2c(-c3cnsc3)nc3ccccc32)cc1. The summed E-state index contributed by atoms with van der Waals surface area (Å²) in [6.07, 6.45) is 3.71. The Morgan fingerprint density at radius 1 is 0.523 bits per heavy atom. The topological polar surface area (TPSA) is 79.9 Å². The number of imidazole rings is 2. The molecule has 0 aliphatic rings. The predicted molar refractivity (Wildman–Crippen MR) is 177 cm³/mol. The lowest BCUT2D eigenvalue weighted by Crippen LogP contribution is -1.97. The number of ether oxygens (including phenoxy) is 2. The summed E-state index contributed by atoms with van der Waals surface area (Å²) in [6.45, 7) is 0. The summed E-state index contributed by atoms with van der Waals surface area (Å²) in [5.74, 6) is 3.49. The highest BCUT2D eigenvalue weighted by molar-refractivity contribution is 7.04. The number of benzene rings is 4. The lowest BCUT2D eigenvalue weighted by Gasteiger charge is -2.09. The number of rotatable bonds is 6. The van der Waals surface area contributed by atoms with Gasteiger partial charge in [0.25, 0.3) is 0 Å². The molecule has 0 aliphatic heterocycles. The molecule has 4 heterocycles. The van der Waals surface area contributed by atoms with Gasteiger partial charge >= 0.3 is 0 Å². The molecule has 8 rings (SSSR count). The number of hydrogen-bond acceptors (Lipinski definition) is 8. The molecule has 0 atom stereocenters. The molecular weight excluding hydrogens is 589 g/mol. The third-order valence-electron chi connectivity index (χ3n) is 7.16. The van der Waals surface area contributed by atoms with Gasteiger partial charge in [0.2, 0.25) is 0 Å². The molecule has 0 saturated carbocycles. The van der Waals surface area contributed by atoms with Crippen molar-refractivity contribution >= 4 is 45.1 Å². The number of hydrogen-bond donors (Lipinski definition) is 0. The fourth-order valence-corrected chi connectivity index (χ4v) is 6.09. The van der Waals surface area contributed by atoms with Crippen LogP contribution in [0.2, 0.25) is 0 Å². The van der Waals surface area contributed by atoms with Crippen molar-refractivity contribution in [1.82, 2.24) is 27.8 Å². The number of para-hydroxylation sites is 4. The van der Waals surface area contributed by atoms with Crippen LogP contribution in [0.4, 0.5) is 0 Å². The molecule has 8 nitrogen and oxygen atoms in total. The zero-order chi connectivity index (χ0) is 29.9. The molecule has 0 saturated heterocycles. The van der Waals surface area contributed by atoms with Crippen molar-refractivity contribution < 1.29 is 9.47 Å². The van der Waals surface area contributed by atoms with Crippen molar-refractivity contribution in [3.63, 3.8) is 0 Å². The van der Waals surface area contributed by atoms with Gasteiger partial charge in [0.15, 0.2) is 0 Å². The molecule has 44 heavy (non-hydrogen) atoms. The van der Waals surface area contributed by atoms with Crippen molar-refractivity contribution in [1.29, 1.82) is 0 Å². The molecule has 0 radical (unpaired) electrons. The summed E-state index contributed by atoms with van der Waals surface area (Å²) >= 11 is 2.86. The van der Waals surface area contributed by atoms with Crippen LogP contribution in [0.5, 0.6) is 11.5 Å². The highest BCUT2D eigenvalue weighted by Crippen LogP contribution is 2.31. The number of aromatic nitrogens is 6. The Bertz CT molecular complexity index is 1980. The average molecular weight is 615 g/mol. The molecule has 4 aromatic carbocycles. The van der Waals surface area contributed by atoms with Crippen LogP contribution in [0.25, 0.3) is 56.2 Å². The second-order valence-electron chi connectivity index (χ2n) is 9.74. The molecule has 0 bridgehead atoms. The first kappa shape index (κ1) is 27.5. The van der Waals surface area contributed by atoms with Crippen molar-refractivity contribution in [3.8, 4) is 45.6 Å². The Kier molecular flexibility index (Phi) is 7.58. The first-order chi connectivity index (χ1) is 21.7. The van der Waals surface area contributed by atoms with Gasteiger partial charge < -0.3 is 9.47 Å². The van der Waals surface area contributed by atoms with Crippen LogP contribution in [0, 0.1) is 0 Å². The maximum absolute atomic E-state index is 5.24. The molecule has 0 fully saturated rings. The second kappa shape index (κ2) is 12.1. The van der Waals surface area contributed by atoms with E-state index >= 15 is 0 Å². The monoisotopic (exact) mass is 614 g/mol. The average Bonchev–Trinajstić information content (AvgIpc) is 3.90. The van der Waals surface area contributed by atoms with Gasteiger partial charge in [0.05, 0.1) is 48.7 Å². The summed E-state index contributed by atoms with van der Waals surface area (Å²) < 4.78 is 23.2. The number of methoxy groups -OCH3 is 2. The van der Waals surface area contributed by atoms with Gasteiger partial charge in [0.1, 0.15) is 23.1 Å². The molecule has 4 aromatic heterocycles. The lowest BCUT2D eigenvalue weighted by atomic mass is 10.2. The summed E-state index contributed by atoms with van der Waals surface area (Å²) in [5.41, 5.74) is 8.25. The highest BCUT2D eigenvalue weighted by atomic mass is 32.1. The van der Waals surface area contributed by atoms with E-state index in [0.29, 0.717) is 0 Å². The number of fused-ring (bicyclic) bond motifs is 2. The largest absolute Gasteiger partial charge is 0.497 e. The second-order valence-corrected chi connectivity index (χ2v) is 11.1. The van der Waals surface area contributed by atoms with Crippen molar-refractivity contribution in [2.24, 2.45) is 0 Å². The van der Waals surface area contributed by atoms with Crippen LogP contribution in [0.15, 0.2) is 120 Å². The van der Waals surface area contributed by atoms with Gasteiger partial charge in [-0.05, 0) is 95.9 Å². The quantitative estimate of drug-likeness (QED) is 0.187. The first-order valence-corrected chi connectivity index (χ1v) is 15.4. The molecule has 0 aliphatic carbocycles. The van der Waals surface area contributed by atoms with Gasteiger partial charge in [-0.25, -0.2) is 18.7 Å². The maximum atomic E-state index is 5.24. The van der Waals surface area contributed by atoms with Crippen LogP contribution < -0.4 is 9.47 Å². The lowest BCUT2D eigenvalue weighted by molar-refractivity contribution is 0.414. The van der Waals surface area contributed by atoms with Crippen LogP contribution in [0.3, 0.4) is 0 Å². The minimum absolute atomic E-state index is 0.840. The summed E-state index contributed by atoms with van der Waals surface area (Å²) in [6, 6.07) is 32.3. The van der Waals surface area contributed by atoms with Gasteiger partial charge in [-0.3, -0.25) is 9.13 Å². The minimum atomic E-state index is 0.840. The molecule has 0 N–H and O–H groups in total. The molecule has 0 amide bonds. The zero-order valence-electron chi connectivity index (χ0n) is 23.9. The molecule has 8 aromatic rings. The van der Waals surface area contributed by atoms with Crippen LogP contribution in [0.1, 0.15) is 0 Å². The predicted octanol–water partition coefficient (Wildman–Crippen LogP) is 8.32. The van der Waals surface area contributed by atoms with E-state index in [4.69, 9.17) is 19.4 Å². The van der Waals surface area contributed by atoms with E-state index in [9.17, 15) is 0 Å². The van der Waals surface area contributed by atoms with E-state index < -0.39 is 0 Å². The van der Waals surface area contributed by atoms with Gasteiger partial charge in [0, 0.05) is 33.3 Å². The van der Waals surface area contributed by atoms with Crippen molar-refractivity contribution in [3.05, 3.63) is 120 Å². The minimum Gasteiger partial charge on any atom is -0.497 e. The van der Waals surface area contributed by atoms with E-state index in [1.165, 1.54) is 23.1 Å². The Morgan fingerprint density at radius 3 is 1.30 bits per heavy atom. The standard InChI is InChI=1S/2C17H13N3OS/c2*1-21-14-8-6-13(7-9-14)20-16-5-3-2-4-15(16)19-17(20)12-10-18-22-11-12/h2*2-11H,1H3. The van der Waals surface area contributed by atoms with Gasteiger partial charge in [-0.2, -0.15) is 0 Å². The van der Waals surface area contributed by atoms with Crippen molar-refractivity contribution in [2.45, 2.75) is 0 Å². The maximum Gasteiger partial charge on any atom is 0.148 e. The van der Waals surface area contributed by atoms with E-state index in [1.54, 1.807) is 14.2 Å². The van der Waals surface area contributed by atoms with E-state index in [0.717, 1.165) is 67.7 Å². The van der Waals surface area contributed by atoms with Crippen LogP contribution in [-0.4, -0.2) is 42.1 Å². The third kappa shape index (κ3) is 5.21. The van der Waals surface area contributed by atoms with Gasteiger partial charge in [-0.15, -0.1) is 0 Å². The Balaban J connectivity index is 0.000000142. The van der Waals surface area contributed by atoms with E-state index in [1.807, 2.05) is 108 Å². The summed E-state index contributed by atoms with van der Waals surface area (Å²) in [7, 11) is 3.34. The molecule has 0 unspecified atom stereocenters. The summed E-state index contributed by atoms with van der Waals surface area (Å²) in [5, 5.41) is 4.03. The summed E-state index contributed by atoms with van der Waals surface area (Å²) in [4.78, 5) is 9.54.